The van der Waals surface area contributed by atoms with Crippen molar-refractivity contribution in [2.75, 3.05) is 5.32 Å². The Morgan fingerprint density at radius 3 is 2.67 bits per heavy atom. The largest absolute Gasteiger partial charge is 0.328 e. The molecule has 0 aliphatic carbocycles. The first kappa shape index (κ1) is 12.9. The normalized spacial score (nSPS) is 10.3. The van der Waals surface area contributed by atoms with Crippen LogP contribution < -0.4 is 10.9 Å². The Hall–Kier alpha value is -3.15. The Bertz CT molecular complexity index is 804. The van der Waals surface area contributed by atoms with Crippen molar-refractivity contribution in [2.24, 2.45) is 0 Å². The number of nitrogens with zero attached hydrogens (tertiary/aromatic N) is 2. The predicted octanol–water partition coefficient (Wildman–Crippen LogP) is 1.81. The summed E-state index contributed by atoms with van der Waals surface area (Å²) in [5.41, 5.74) is 1.22. The number of imidazole rings is 1. The number of H-pyrrole nitrogens is 1. The number of amides is 1. The molecule has 104 valence electrons. The van der Waals surface area contributed by atoms with Crippen molar-refractivity contribution in [1.29, 1.82) is 0 Å². The first-order valence-corrected chi connectivity index (χ1v) is 6.31. The number of carbonyl (C=O) groups excluding carboxylic acids is 1. The van der Waals surface area contributed by atoms with E-state index in [9.17, 15) is 9.59 Å². The number of carbonyl (C=O) groups is 1. The van der Waals surface area contributed by atoms with Crippen molar-refractivity contribution in [3.63, 3.8) is 0 Å². The highest BCUT2D eigenvalue weighted by Crippen LogP contribution is 2.13. The van der Waals surface area contributed by atoms with E-state index in [0.717, 1.165) is 5.69 Å². The molecule has 0 saturated carbocycles. The predicted molar refractivity (Wildman–Crippen MR) is 78.6 cm³/mol. The van der Waals surface area contributed by atoms with Gasteiger partial charge in [-0.25, -0.2) is 4.98 Å². The van der Waals surface area contributed by atoms with Gasteiger partial charge in [0.2, 0.25) is 0 Å². The number of pyridine rings is 1. The van der Waals surface area contributed by atoms with Gasteiger partial charge in [-0.1, -0.05) is 0 Å². The summed E-state index contributed by atoms with van der Waals surface area (Å²) in [6.45, 7) is 0. The minimum atomic E-state index is -0.438. The molecule has 6 nitrogen and oxygen atoms in total. The van der Waals surface area contributed by atoms with Gasteiger partial charge >= 0.3 is 0 Å². The molecule has 0 radical (unpaired) electrons. The molecular weight excluding hydrogens is 268 g/mol. The van der Waals surface area contributed by atoms with Crippen LogP contribution in [-0.2, 0) is 0 Å². The zero-order valence-electron chi connectivity index (χ0n) is 11.0. The fraction of sp³-hybridized carbons (Fsp3) is 0. The van der Waals surface area contributed by atoms with E-state index in [0.29, 0.717) is 5.69 Å². The van der Waals surface area contributed by atoms with E-state index < -0.39 is 11.5 Å². The number of aromatic amines is 1. The second-order valence-corrected chi connectivity index (χ2v) is 4.38. The summed E-state index contributed by atoms with van der Waals surface area (Å²) in [7, 11) is 0. The van der Waals surface area contributed by atoms with Gasteiger partial charge in [0.25, 0.3) is 11.5 Å². The molecule has 2 aromatic heterocycles. The molecule has 0 aliphatic rings. The smallest absolute Gasteiger partial charge is 0.261 e. The first-order chi connectivity index (χ1) is 10.2. The highest BCUT2D eigenvalue weighted by molar-refractivity contribution is 6.03. The summed E-state index contributed by atoms with van der Waals surface area (Å²) in [6, 6.07) is 10.3. The highest BCUT2D eigenvalue weighted by atomic mass is 16.2. The van der Waals surface area contributed by atoms with E-state index in [2.05, 4.69) is 15.3 Å². The van der Waals surface area contributed by atoms with Crippen LogP contribution in [0.2, 0.25) is 0 Å². The fourth-order valence-corrected chi connectivity index (χ4v) is 1.93. The summed E-state index contributed by atoms with van der Waals surface area (Å²) in [5.74, 6) is -0.438. The van der Waals surface area contributed by atoms with Gasteiger partial charge in [-0.15, -0.1) is 0 Å². The topological polar surface area (TPSA) is 79.8 Å². The summed E-state index contributed by atoms with van der Waals surface area (Å²) in [6.07, 6.45) is 6.70. The molecule has 0 unspecified atom stereocenters. The quantitative estimate of drug-likeness (QED) is 0.768. The molecule has 2 N–H and O–H groups in total. The van der Waals surface area contributed by atoms with Crippen molar-refractivity contribution in [2.45, 2.75) is 0 Å². The Balaban J connectivity index is 1.78. The number of hydrogen-bond donors (Lipinski definition) is 2. The van der Waals surface area contributed by atoms with Crippen molar-refractivity contribution < 1.29 is 4.79 Å². The average Bonchev–Trinajstić information content (AvgIpc) is 3.02. The summed E-state index contributed by atoms with van der Waals surface area (Å²) < 4.78 is 1.85. The van der Waals surface area contributed by atoms with E-state index >= 15 is 0 Å². The van der Waals surface area contributed by atoms with Crippen LogP contribution >= 0.6 is 0 Å². The van der Waals surface area contributed by atoms with Gasteiger partial charge in [-0.3, -0.25) is 9.59 Å². The maximum Gasteiger partial charge on any atom is 0.261 e. The van der Waals surface area contributed by atoms with Gasteiger partial charge < -0.3 is 14.9 Å². The Labute approximate surface area is 120 Å². The van der Waals surface area contributed by atoms with Gasteiger partial charge in [0.1, 0.15) is 5.56 Å². The third-order valence-electron chi connectivity index (χ3n) is 2.99. The van der Waals surface area contributed by atoms with E-state index in [4.69, 9.17) is 0 Å². The van der Waals surface area contributed by atoms with Crippen molar-refractivity contribution >= 4 is 11.6 Å². The van der Waals surface area contributed by atoms with Crippen LogP contribution in [0.25, 0.3) is 5.69 Å². The van der Waals surface area contributed by atoms with E-state index in [1.54, 1.807) is 30.7 Å². The Morgan fingerprint density at radius 2 is 2.00 bits per heavy atom. The lowest BCUT2D eigenvalue weighted by molar-refractivity contribution is 0.102. The number of nitrogens with one attached hydrogen (secondary N) is 2. The molecule has 0 spiro atoms. The number of rotatable bonds is 3. The van der Waals surface area contributed by atoms with Crippen LogP contribution in [0.3, 0.4) is 0 Å². The molecule has 1 amide bonds. The minimum absolute atomic E-state index is 0.0798. The van der Waals surface area contributed by atoms with Crippen molar-refractivity contribution in [1.82, 2.24) is 14.5 Å². The lowest BCUT2D eigenvalue weighted by atomic mass is 10.2. The highest BCUT2D eigenvalue weighted by Gasteiger charge is 2.09. The maximum absolute atomic E-state index is 12.0. The van der Waals surface area contributed by atoms with Crippen molar-refractivity contribution in [3.8, 4) is 5.69 Å². The number of anilines is 1. The van der Waals surface area contributed by atoms with E-state index in [1.807, 2.05) is 22.9 Å². The number of hydrogen-bond acceptors (Lipinski definition) is 3. The molecule has 6 heteroatoms. The average molecular weight is 280 g/mol. The second kappa shape index (κ2) is 5.46. The lowest BCUT2D eigenvalue weighted by Gasteiger charge is -2.06. The molecule has 0 saturated heterocycles. The summed E-state index contributed by atoms with van der Waals surface area (Å²) >= 11 is 0. The first-order valence-electron chi connectivity index (χ1n) is 6.31. The number of benzene rings is 1. The minimum Gasteiger partial charge on any atom is -0.328 e. The molecule has 3 rings (SSSR count). The van der Waals surface area contributed by atoms with Gasteiger partial charge in [0, 0.05) is 30.0 Å². The molecule has 0 fully saturated rings. The molecular formula is C15H12N4O2. The molecule has 0 aliphatic heterocycles. The third kappa shape index (κ3) is 2.74. The lowest BCUT2D eigenvalue weighted by Crippen LogP contribution is -2.22. The third-order valence-corrected chi connectivity index (χ3v) is 2.99. The summed E-state index contributed by atoms with van der Waals surface area (Å²) in [4.78, 5) is 30.0. The number of aromatic nitrogens is 3. The van der Waals surface area contributed by atoms with Gasteiger partial charge in [0.15, 0.2) is 0 Å². The van der Waals surface area contributed by atoms with Gasteiger partial charge in [-0.2, -0.15) is 0 Å². The Morgan fingerprint density at radius 1 is 1.19 bits per heavy atom. The SMILES string of the molecule is O=C(Nc1ccc(-n2ccnc2)cc1)c1ccc[nH]c1=O. The maximum atomic E-state index is 12.0. The van der Waals surface area contributed by atoms with E-state index in [1.165, 1.54) is 12.3 Å². The zero-order chi connectivity index (χ0) is 14.7. The van der Waals surface area contributed by atoms with Crippen LogP contribution in [0.15, 0.2) is 66.1 Å². The van der Waals surface area contributed by atoms with Crippen molar-refractivity contribution in [3.05, 3.63) is 77.2 Å². The van der Waals surface area contributed by atoms with Gasteiger partial charge in [-0.05, 0) is 36.4 Å². The van der Waals surface area contributed by atoms with Gasteiger partial charge in [0.05, 0.1) is 6.33 Å². The molecule has 1 aromatic carbocycles. The molecule has 2 heterocycles. The standard InChI is InChI=1S/C15H12N4O2/c20-14-13(2-1-7-17-14)15(21)18-11-3-5-12(6-4-11)19-9-8-16-10-19/h1-10H,(H,17,20)(H,18,21). The van der Waals surface area contributed by atoms with E-state index in [-0.39, 0.29) is 5.56 Å². The van der Waals surface area contributed by atoms with Crippen LogP contribution in [0, 0.1) is 0 Å². The fourth-order valence-electron chi connectivity index (χ4n) is 1.93. The molecule has 3 aromatic rings. The van der Waals surface area contributed by atoms with Crippen LogP contribution in [0.1, 0.15) is 10.4 Å². The molecule has 0 atom stereocenters. The summed E-state index contributed by atoms with van der Waals surface area (Å²) in [5, 5.41) is 2.69. The van der Waals surface area contributed by atoms with Crippen LogP contribution in [-0.4, -0.2) is 20.4 Å². The van der Waals surface area contributed by atoms with Crippen LogP contribution in [0.5, 0.6) is 0 Å². The van der Waals surface area contributed by atoms with Crippen LogP contribution in [0.4, 0.5) is 5.69 Å². The monoisotopic (exact) mass is 280 g/mol. The zero-order valence-corrected chi connectivity index (χ0v) is 11.0. The molecule has 21 heavy (non-hydrogen) atoms. The Kier molecular flexibility index (Phi) is 3.34. The molecule has 0 bridgehead atoms. The second-order valence-electron chi connectivity index (χ2n) is 4.38.